The maximum absolute atomic E-state index is 12.4. The molecule has 2 heterocycles. The number of aromatic nitrogens is 1. The van der Waals surface area contributed by atoms with Crippen molar-refractivity contribution in [3.8, 4) is 0 Å². The van der Waals surface area contributed by atoms with E-state index in [2.05, 4.69) is 39.6 Å². The van der Waals surface area contributed by atoms with Crippen LogP contribution in [0.15, 0.2) is 42.6 Å². The van der Waals surface area contributed by atoms with E-state index in [1.165, 1.54) is 11.1 Å². The van der Waals surface area contributed by atoms with Crippen molar-refractivity contribution in [2.75, 3.05) is 44.7 Å². The number of carbonyl (C=O) groups is 1. The predicted octanol–water partition coefficient (Wildman–Crippen LogP) is 2.06. The van der Waals surface area contributed by atoms with E-state index in [9.17, 15) is 4.79 Å². The average molecular weight is 354 g/mol. The van der Waals surface area contributed by atoms with Crippen LogP contribution in [0.2, 0.25) is 0 Å². The van der Waals surface area contributed by atoms with Gasteiger partial charge in [0.25, 0.3) is 5.91 Å². The molecule has 1 aliphatic heterocycles. The Morgan fingerprint density at radius 2 is 2.04 bits per heavy atom. The summed E-state index contributed by atoms with van der Waals surface area (Å²) >= 11 is 0. The third-order valence-electron chi connectivity index (χ3n) is 4.56. The third-order valence-corrected chi connectivity index (χ3v) is 4.56. The van der Waals surface area contributed by atoms with Crippen molar-refractivity contribution in [1.29, 1.82) is 0 Å². The van der Waals surface area contributed by atoms with Gasteiger partial charge in [-0.3, -0.25) is 9.69 Å². The number of ether oxygens (including phenoxy) is 1. The van der Waals surface area contributed by atoms with Crippen molar-refractivity contribution in [3.05, 3.63) is 59.3 Å². The molecular weight excluding hydrogens is 328 g/mol. The molecule has 1 aromatic heterocycles. The van der Waals surface area contributed by atoms with E-state index in [1.807, 2.05) is 12.1 Å². The number of benzene rings is 1. The molecule has 1 amide bonds. The second kappa shape index (κ2) is 9.31. The highest BCUT2D eigenvalue weighted by molar-refractivity contribution is 5.94. The summed E-state index contributed by atoms with van der Waals surface area (Å²) in [6.45, 7) is 7.65. The summed E-state index contributed by atoms with van der Waals surface area (Å²) in [6, 6.07) is 11.8. The number of pyridine rings is 1. The van der Waals surface area contributed by atoms with Crippen LogP contribution in [0.3, 0.4) is 0 Å². The summed E-state index contributed by atoms with van der Waals surface area (Å²) in [5.74, 6) is 0.633. The van der Waals surface area contributed by atoms with Gasteiger partial charge < -0.3 is 15.4 Å². The van der Waals surface area contributed by atoms with Crippen molar-refractivity contribution in [2.24, 2.45) is 0 Å². The van der Waals surface area contributed by atoms with E-state index in [4.69, 9.17) is 4.74 Å². The Bertz CT molecular complexity index is 729. The monoisotopic (exact) mass is 354 g/mol. The highest BCUT2D eigenvalue weighted by Crippen LogP contribution is 2.11. The Balaban J connectivity index is 1.49. The second-order valence-electron chi connectivity index (χ2n) is 6.42. The fourth-order valence-electron chi connectivity index (χ4n) is 2.92. The summed E-state index contributed by atoms with van der Waals surface area (Å²) in [6.07, 6.45) is 1.66. The number of nitrogens with one attached hydrogen (secondary N) is 2. The number of morpholine rings is 1. The van der Waals surface area contributed by atoms with Gasteiger partial charge in [0.2, 0.25) is 0 Å². The lowest BCUT2D eigenvalue weighted by Gasteiger charge is -2.26. The standard InChI is InChI=1S/C20H26N4O2/c1-16-4-2-3-5-18(16)15-23-19-14-17(6-7-21-19)20(25)22-8-9-24-10-12-26-13-11-24/h2-7,14H,8-13,15H2,1H3,(H,21,23)(H,22,25). The van der Waals surface area contributed by atoms with Crippen molar-refractivity contribution >= 4 is 11.7 Å². The Morgan fingerprint density at radius 1 is 1.23 bits per heavy atom. The van der Waals surface area contributed by atoms with Crippen LogP contribution in [0.1, 0.15) is 21.5 Å². The molecule has 0 radical (unpaired) electrons. The van der Waals surface area contributed by atoms with E-state index in [0.29, 0.717) is 24.5 Å². The summed E-state index contributed by atoms with van der Waals surface area (Å²) in [5.41, 5.74) is 3.07. The molecule has 0 atom stereocenters. The van der Waals surface area contributed by atoms with Gasteiger partial charge in [0.1, 0.15) is 5.82 Å². The zero-order valence-electron chi connectivity index (χ0n) is 15.2. The summed E-state index contributed by atoms with van der Waals surface area (Å²) < 4.78 is 5.33. The molecule has 6 nitrogen and oxygen atoms in total. The van der Waals surface area contributed by atoms with Gasteiger partial charge in [-0.05, 0) is 30.2 Å². The van der Waals surface area contributed by atoms with Crippen molar-refractivity contribution < 1.29 is 9.53 Å². The minimum absolute atomic E-state index is 0.0698. The smallest absolute Gasteiger partial charge is 0.251 e. The number of nitrogens with zero attached hydrogens (tertiary/aromatic N) is 2. The first kappa shape index (κ1) is 18.4. The molecule has 1 aliphatic rings. The molecule has 138 valence electrons. The summed E-state index contributed by atoms with van der Waals surface area (Å²) in [7, 11) is 0. The third kappa shape index (κ3) is 5.28. The van der Waals surface area contributed by atoms with Gasteiger partial charge in [-0.2, -0.15) is 0 Å². The number of carbonyl (C=O) groups excluding carboxylic acids is 1. The lowest BCUT2D eigenvalue weighted by molar-refractivity contribution is 0.0383. The average Bonchev–Trinajstić information content (AvgIpc) is 2.68. The van der Waals surface area contributed by atoms with E-state index >= 15 is 0 Å². The molecular formula is C20H26N4O2. The lowest BCUT2D eigenvalue weighted by Crippen LogP contribution is -2.41. The molecule has 26 heavy (non-hydrogen) atoms. The summed E-state index contributed by atoms with van der Waals surface area (Å²) in [4.78, 5) is 19.0. The van der Waals surface area contributed by atoms with Crippen molar-refractivity contribution in [3.63, 3.8) is 0 Å². The Kier molecular flexibility index (Phi) is 6.57. The van der Waals surface area contributed by atoms with Crippen molar-refractivity contribution in [2.45, 2.75) is 13.5 Å². The lowest BCUT2D eigenvalue weighted by atomic mass is 10.1. The van der Waals surface area contributed by atoms with Crippen LogP contribution < -0.4 is 10.6 Å². The largest absolute Gasteiger partial charge is 0.379 e. The zero-order valence-corrected chi connectivity index (χ0v) is 15.2. The molecule has 0 aliphatic carbocycles. The second-order valence-corrected chi connectivity index (χ2v) is 6.42. The minimum Gasteiger partial charge on any atom is -0.379 e. The van der Waals surface area contributed by atoms with E-state index in [-0.39, 0.29) is 5.91 Å². The van der Waals surface area contributed by atoms with Crippen LogP contribution in [0, 0.1) is 6.92 Å². The number of rotatable bonds is 7. The van der Waals surface area contributed by atoms with Crippen LogP contribution in [-0.2, 0) is 11.3 Å². The topological polar surface area (TPSA) is 66.5 Å². The molecule has 1 aromatic carbocycles. The van der Waals surface area contributed by atoms with Gasteiger partial charge in [0, 0.05) is 44.5 Å². The first-order chi connectivity index (χ1) is 12.7. The molecule has 1 saturated heterocycles. The van der Waals surface area contributed by atoms with Crippen LogP contribution in [-0.4, -0.2) is 55.2 Å². The molecule has 2 N–H and O–H groups in total. The zero-order chi connectivity index (χ0) is 18.2. The van der Waals surface area contributed by atoms with Crippen molar-refractivity contribution in [1.82, 2.24) is 15.2 Å². The highest BCUT2D eigenvalue weighted by Gasteiger charge is 2.11. The molecule has 0 spiro atoms. The van der Waals surface area contributed by atoms with Crippen LogP contribution in [0.25, 0.3) is 0 Å². The number of hydrogen-bond acceptors (Lipinski definition) is 5. The molecule has 3 rings (SSSR count). The Morgan fingerprint density at radius 3 is 2.85 bits per heavy atom. The molecule has 0 unspecified atom stereocenters. The maximum Gasteiger partial charge on any atom is 0.251 e. The molecule has 0 bridgehead atoms. The van der Waals surface area contributed by atoms with E-state index in [1.54, 1.807) is 18.3 Å². The first-order valence-corrected chi connectivity index (χ1v) is 9.05. The molecule has 0 saturated carbocycles. The van der Waals surface area contributed by atoms with Gasteiger partial charge in [-0.1, -0.05) is 24.3 Å². The highest BCUT2D eigenvalue weighted by atomic mass is 16.5. The van der Waals surface area contributed by atoms with Crippen LogP contribution in [0.5, 0.6) is 0 Å². The predicted molar refractivity (Wildman–Crippen MR) is 102 cm³/mol. The van der Waals surface area contributed by atoms with E-state index < -0.39 is 0 Å². The van der Waals surface area contributed by atoms with Crippen LogP contribution in [0.4, 0.5) is 5.82 Å². The number of aryl methyl sites for hydroxylation is 1. The SMILES string of the molecule is Cc1ccccc1CNc1cc(C(=O)NCCN2CCOCC2)ccn1. The van der Waals surface area contributed by atoms with Gasteiger partial charge >= 0.3 is 0 Å². The van der Waals surface area contributed by atoms with Gasteiger partial charge in [-0.15, -0.1) is 0 Å². The number of amides is 1. The Labute approximate surface area is 154 Å². The molecule has 1 fully saturated rings. The number of hydrogen-bond donors (Lipinski definition) is 2. The quantitative estimate of drug-likeness (QED) is 0.797. The van der Waals surface area contributed by atoms with Gasteiger partial charge in [0.05, 0.1) is 13.2 Å². The van der Waals surface area contributed by atoms with Gasteiger partial charge in [-0.25, -0.2) is 4.98 Å². The van der Waals surface area contributed by atoms with Gasteiger partial charge in [0.15, 0.2) is 0 Å². The molecule has 2 aromatic rings. The van der Waals surface area contributed by atoms with E-state index in [0.717, 1.165) is 32.8 Å². The Hall–Kier alpha value is -2.44. The van der Waals surface area contributed by atoms with Crippen LogP contribution >= 0.6 is 0 Å². The number of anilines is 1. The fourth-order valence-corrected chi connectivity index (χ4v) is 2.92. The minimum atomic E-state index is -0.0698. The summed E-state index contributed by atoms with van der Waals surface area (Å²) in [5, 5.41) is 6.27. The normalized spacial score (nSPS) is 14.8. The first-order valence-electron chi connectivity index (χ1n) is 9.05. The fraction of sp³-hybridized carbons (Fsp3) is 0.400. The molecule has 6 heteroatoms. The maximum atomic E-state index is 12.4.